The molecule has 1 aromatic heterocycles. The standard InChI is InChI=1S/C11H11BrClN3O/c1-2-9-15-11(16-17-9)10(14)7-5-6(12)3-4-8(7)13/h3-5,10H,2,14H2,1H3. The van der Waals surface area contributed by atoms with Crippen molar-refractivity contribution in [1.29, 1.82) is 0 Å². The Kier molecular flexibility index (Phi) is 3.81. The summed E-state index contributed by atoms with van der Waals surface area (Å²) in [7, 11) is 0. The summed E-state index contributed by atoms with van der Waals surface area (Å²) in [4.78, 5) is 4.20. The van der Waals surface area contributed by atoms with Crippen molar-refractivity contribution in [3.05, 3.63) is 45.0 Å². The Morgan fingerprint density at radius 2 is 2.29 bits per heavy atom. The molecule has 0 aliphatic carbocycles. The minimum absolute atomic E-state index is 0.446. The zero-order chi connectivity index (χ0) is 12.4. The second-order valence-electron chi connectivity index (χ2n) is 3.54. The molecule has 1 unspecified atom stereocenters. The Bertz CT molecular complexity index is 529. The monoisotopic (exact) mass is 315 g/mol. The maximum absolute atomic E-state index is 6.09. The van der Waals surface area contributed by atoms with Gasteiger partial charge in [0.2, 0.25) is 5.89 Å². The molecule has 0 amide bonds. The molecule has 1 heterocycles. The van der Waals surface area contributed by atoms with E-state index in [1.807, 2.05) is 19.1 Å². The van der Waals surface area contributed by atoms with E-state index in [9.17, 15) is 0 Å². The highest BCUT2D eigenvalue weighted by molar-refractivity contribution is 9.10. The van der Waals surface area contributed by atoms with E-state index in [1.165, 1.54) is 0 Å². The fourth-order valence-electron chi connectivity index (χ4n) is 1.43. The third kappa shape index (κ3) is 2.68. The van der Waals surface area contributed by atoms with Crippen LogP contribution in [0.15, 0.2) is 27.2 Å². The molecule has 90 valence electrons. The van der Waals surface area contributed by atoms with E-state index in [4.69, 9.17) is 21.9 Å². The predicted octanol–water partition coefficient (Wildman–Crippen LogP) is 3.10. The minimum atomic E-state index is -0.482. The van der Waals surface area contributed by atoms with E-state index in [1.54, 1.807) is 6.07 Å². The average molecular weight is 317 g/mol. The molecule has 0 saturated heterocycles. The second-order valence-corrected chi connectivity index (χ2v) is 4.87. The van der Waals surface area contributed by atoms with Gasteiger partial charge in [-0.3, -0.25) is 0 Å². The summed E-state index contributed by atoms with van der Waals surface area (Å²) in [6, 6.07) is 5.01. The number of aryl methyl sites for hydroxylation is 1. The zero-order valence-corrected chi connectivity index (χ0v) is 11.5. The lowest BCUT2D eigenvalue weighted by molar-refractivity contribution is 0.375. The highest BCUT2D eigenvalue weighted by Gasteiger charge is 2.18. The highest BCUT2D eigenvalue weighted by atomic mass is 79.9. The predicted molar refractivity (Wildman–Crippen MR) is 68.9 cm³/mol. The summed E-state index contributed by atoms with van der Waals surface area (Å²) >= 11 is 9.47. The van der Waals surface area contributed by atoms with Crippen LogP contribution in [0.3, 0.4) is 0 Å². The van der Waals surface area contributed by atoms with Crippen molar-refractivity contribution in [2.24, 2.45) is 5.73 Å². The summed E-state index contributed by atoms with van der Waals surface area (Å²) in [5, 5.41) is 4.44. The van der Waals surface area contributed by atoms with Gasteiger partial charge in [-0.25, -0.2) is 0 Å². The molecule has 2 N–H and O–H groups in total. The summed E-state index contributed by atoms with van der Waals surface area (Å²) in [5.74, 6) is 1.02. The van der Waals surface area contributed by atoms with Crippen LogP contribution in [-0.2, 0) is 6.42 Å². The van der Waals surface area contributed by atoms with Crippen molar-refractivity contribution in [2.45, 2.75) is 19.4 Å². The van der Waals surface area contributed by atoms with Gasteiger partial charge in [0.15, 0.2) is 5.82 Å². The molecule has 0 radical (unpaired) electrons. The van der Waals surface area contributed by atoms with Crippen LogP contribution in [0.1, 0.15) is 30.2 Å². The molecule has 1 atom stereocenters. The van der Waals surface area contributed by atoms with Gasteiger partial charge in [-0.2, -0.15) is 4.98 Å². The number of halogens is 2. The molecule has 0 fully saturated rings. The first kappa shape index (κ1) is 12.5. The van der Waals surface area contributed by atoms with Crippen LogP contribution in [0, 0.1) is 0 Å². The topological polar surface area (TPSA) is 64.9 Å². The number of rotatable bonds is 3. The molecule has 6 heteroatoms. The first-order chi connectivity index (χ1) is 8.11. The molecule has 4 nitrogen and oxygen atoms in total. The smallest absolute Gasteiger partial charge is 0.226 e. The van der Waals surface area contributed by atoms with Gasteiger partial charge in [-0.15, -0.1) is 0 Å². The van der Waals surface area contributed by atoms with Crippen LogP contribution in [0.5, 0.6) is 0 Å². The van der Waals surface area contributed by atoms with E-state index < -0.39 is 6.04 Å². The summed E-state index contributed by atoms with van der Waals surface area (Å²) in [6.45, 7) is 1.94. The lowest BCUT2D eigenvalue weighted by Gasteiger charge is -2.09. The summed E-state index contributed by atoms with van der Waals surface area (Å²) < 4.78 is 5.94. The normalized spacial score (nSPS) is 12.7. The Morgan fingerprint density at radius 3 is 2.94 bits per heavy atom. The molecule has 17 heavy (non-hydrogen) atoms. The van der Waals surface area contributed by atoms with Gasteiger partial charge in [-0.05, 0) is 23.8 Å². The van der Waals surface area contributed by atoms with Gasteiger partial charge in [0, 0.05) is 15.9 Å². The van der Waals surface area contributed by atoms with Crippen molar-refractivity contribution in [2.75, 3.05) is 0 Å². The first-order valence-electron chi connectivity index (χ1n) is 5.14. The zero-order valence-electron chi connectivity index (χ0n) is 9.15. The lowest BCUT2D eigenvalue weighted by atomic mass is 10.1. The van der Waals surface area contributed by atoms with Crippen LogP contribution in [0.4, 0.5) is 0 Å². The maximum Gasteiger partial charge on any atom is 0.226 e. The van der Waals surface area contributed by atoms with Crippen LogP contribution in [-0.4, -0.2) is 10.1 Å². The van der Waals surface area contributed by atoms with Crippen molar-refractivity contribution in [1.82, 2.24) is 10.1 Å². The van der Waals surface area contributed by atoms with Crippen LogP contribution < -0.4 is 5.73 Å². The number of hydrogen-bond donors (Lipinski definition) is 1. The van der Waals surface area contributed by atoms with Crippen molar-refractivity contribution in [3.63, 3.8) is 0 Å². The van der Waals surface area contributed by atoms with Crippen LogP contribution in [0.25, 0.3) is 0 Å². The van der Waals surface area contributed by atoms with E-state index >= 15 is 0 Å². The number of benzene rings is 1. The van der Waals surface area contributed by atoms with Gasteiger partial charge in [0.05, 0.1) is 6.04 Å². The molecular formula is C11H11BrClN3O. The molecule has 0 spiro atoms. The van der Waals surface area contributed by atoms with E-state index in [2.05, 4.69) is 26.1 Å². The van der Waals surface area contributed by atoms with Gasteiger partial charge in [-0.1, -0.05) is 39.6 Å². The average Bonchev–Trinajstić information content (AvgIpc) is 2.80. The SMILES string of the molecule is CCc1nc(C(N)c2cc(Br)ccc2Cl)no1. The second kappa shape index (κ2) is 5.16. The number of nitrogens with zero attached hydrogens (tertiary/aromatic N) is 2. The van der Waals surface area contributed by atoms with Crippen molar-refractivity contribution in [3.8, 4) is 0 Å². The largest absolute Gasteiger partial charge is 0.339 e. The Balaban J connectivity index is 2.35. The van der Waals surface area contributed by atoms with Gasteiger partial charge in [0.25, 0.3) is 0 Å². The van der Waals surface area contributed by atoms with Crippen LogP contribution >= 0.6 is 27.5 Å². The third-order valence-electron chi connectivity index (χ3n) is 2.36. The summed E-state index contributed by atoms with van der Waals surface area (Å²) in [6.07, 6.45) is 0.686. The quantitative estimate of drug-likeness (QED) is 0.945. The molecule has 0 bridgehead atoms. The molecule has 2 rings (SSSR count). The Hall–Kier alpha value is -0.910. The summed E-state index contributed by atoms with van der Waals surface area (Å²) in [5.41, 5.74) is 6.83. The Labute approximate surface area is 112 Å². The van der Waals surface area contributed by atoms with Gasteiger partial charge < -0.3 is 10.3 Å². The van der Waals surface area contributed by atoms with E-state index in [0.29, 0.717) is 23.2 Å². The van der Waals surface area contributed by atoms with Gasteiger partial charge >= 0.3 is 0 Å². The molecule has 1 aromatic carbocycles. The van der Waals surface area contributed by atoms with Gasteiger partial charge in [0.1, 0.15) is 0 Å². The third-order valence-corrected chi connectivity index (χ3v) is 3.19. The molecule has 0 saturated carbocycles. The van der Waals surface area contributed by atoms with E-state index in [-0.39, 0.29) is 0 Å². The molecular weight excluding hydrogens is 305 g/mol. The van der Waals surface area contributed by atoms with Crippen molar-refractivity contribution < 1.29 is 4.52 Å². The molecule has 0 aliphatic heterocycles. The minimum Gasteiger partial charge on any atom is -0.339 e. The highest BCUT2D eigenvalue weighted by Crippen LogP contribution is 2.28. The maximum atomic E-state index is 6.09. The Morgan fingerprint density at radius 1 is 1.53 bits per heavy atom. The molecule has 2 aromatic rings. The first-order valence-corrected chi connectivity index (χ1v) is 6.32. The van der Waals surface area contributed by atoms with E-state index in [0.717, 1.165) is 10.0 Å². The van der Waals surface area contributed by atoms with Crippen molar-refractivity contribution >= 4 is 27.5 Å². The number of hydrogen-bond acceptors (Lipinski definition) is 4. The lowest BCUT2D eigenvalue weighted by Crippen LogP contribution is -2.14. The number of nitrogens with two attached hydrogens (primary N) is 1. The fraction of sp³-hybridized carbons (Fsp3) is 0.273. The number of aromatic nitrogens is 2. The van der Waals surface area contributed by atoms with Crippen LogP contribution in [0.2, 0.25) is 5.02 Å². The fourth-order valence-corrected chi connectivity index (χ4v) is 2.04. The molecule has 0 aliphatic rings.